The molecule has 10 aromatic rings. The molecule has 0 radical (unpaired) electrons. The van der Waals surface area contributed by atoms with Crippen molar-refractivity contribution < 1.29 is 124 Å². The van der Waals surface area contributed by atoms with E-state index in [0.717, 1.165) is 35.9 Å². The number of ether oxygens (including phenoxy) is 12. The summed E-state index contributed by atoms with van der Waals surface area (Å²) in [7, 11) is 1.93. The van der Waals surface area contributed by atoms with Crippen molar-refractivity contribution in [3.63, 3.8) is 0 Å². The lowest BCUT2D eigenvalue weighted by atomic mass is 10.1. The number of carbonyl (C=O) groups excluding carboxylic acids is 4. The number of aromatic hydroxyl groups is 1. The molecule has 3 aromatic heterocycles. The molecule has 10 rings (SSSR count). The van der Waals surface area contributed by atoms with E-state index >= 15 is 0 Å². The van der Waals surface area contributed by atoms with Crippen molar-refractivity contribution in [3.8, 4) is 46.7 Å². The maximum absolute atomic E-state index is 14.2. The van der Waals surface area contributed by atoms with E-state index in [1.807, 2.05) is 48.5 Å². The van der Waals surface area contributed by atoms with E-state index in [1.54, 1.807) is 138 Å². The summed E-state index contributed by atoms with van der Waals surface area (Å²) in [5.41, 5.74) is 19.1. The van der Waals surface area contributed by atoms with Crippen LogP contribution in [0.5, 0.6) is 40.5 Å². The minimum absolute atomic E-state index is 0.00998. The number of H-pyrrole nitrogens is 1. The highest BCUT2D eigenvalue weighted by Gasteiger charge is 2.49. The summed E-state index contributed by atoms with van der Waals surface area (Å²) in [4.78, 5) is 75.4. The summed E-state index contributed by atoms with van der Waals surface area (Å²) in [5, 5.41) is 39.9. The van der Waals surface area contributed by atoms with E-state index in [1.165, 1.54) is 51.4 Å². The van der Waals surface area contributed by atoms with Gasteiger partial charge in [-0.05, 0) is 184 Å². The largest absolute Gasteiger partial charge is 0.534 e. The third kappa shape index (κ3) is 45.6. The summed E-state index contributed by atoms with van der Waals surface area (Å²) in [6, 6.07) is 48.8. The van der Waals surface area contributed by atoms with Crippen LogP contribution < -0.4 is 88.3 Å². The fraction of sp³-hybridized carbons (Fsp3) is 0.264. The topological polar surface area (TPSA) is 564 Å². The van der Waals surface area contributed by atoms with Crippen molar-refractivity contribution in [2.24, 2.45) is 11.5 Å². The lowest BCUT2D eigenvalue weighted by molar-refractivity contribution is -0.163. The number of aromatic nitrogens is 6. The van der Waals surface area contributed by atoms with Crippen LogP contribution in [0.2, 0.25) is 0 Å². The number of amides is 2. The number of amidine groups is 1. The van der Waals surface area contributed by atoms with Gasteiger partial charge in [-0.2, -0.15) is 50.6 Å². The zero-order valence-corrected chi connectivity index (χ0v) is 74.6. The summed E-state index contributed by atoms with van der Waals surface area (Å²) in [6.07, 6.45) is 2.87. The van der Waals surface area contributed by atoms with Gasteiger partial charge in [0.25, 0.3) is 23.5 Å². The number of hydrogen-bond donors (Lipinski definition) is 13. The highest BCUT2D eigenvalue weighted by atomic mass is 32.2. The van der Waals surface area contributed by atoms with Crippen LogP contribution in [0.25, 0.3) is 0 Å². The van der Waals surface area contributed by atoms with E-state index in [-0.39, 0.29) is 54.5 Å². The molecule has 0 spiro atoms. The summed E-state index contributed by atoms with van der Waals surface area (Å²) in [5.74, 6) is -5.21. The Balaban J connectivity index is 0.000000414. The van der Waals surface area contributed by atoms with Crippen molar-refractivity contribution in [1.29, 1.82) is 10.7 Å². The number of carbonyl (C=O) groups is 4. The molecule has 0 saturated heterocycles. The number of hydrogen-bond acceptors (Lipinski definition) is 35. The highest BCUT2D eigenvalue weighted by Crippen LogP contribution is 2.31. The second-order valence-corrected chi connectivity index (χ2v) is 27.0. The van der Waals surface area contributed by atoms with E-state index in [4.69, 9.17) is 80.3 Å². The highest BCUT2D eigenvalue weighted by molar-refractivity contribution is 7.88. The van der Waals surface area contributed by atoms with Crippen LogP contribution in [-0.4, -0.2) is 200 Å². The third-order valence-electron chi connectivity index (χ3n) is 15.3. The molecule has 47 heteroatoms. The number of rotatable bonds is 40. The second-order valence-electron chi connectivity index (χ2n) is 25.5. The van der Waals surface area contributed by atoms with Crippen molar-refractivity contribution in [2.75, 3.05) is 158 Å². The van der Waals surface area contributed by atoms with Gasteiger partial charge in [-0.15, -0.1) is 0 Å². The third-order valence-corrected chi connectivity index (χ3v) is 16.2. The Labute approximate surface area is 766 Å². The van der Waals surface area contributed by atoms with Crippen molar-refractivity contribution >= 4 is 109 Å². The first-order valence-electron chi connectivity index (χ1n) is 39.2. The van der Waals surface area contributed by atoms with Crippen molar-refractivity contribution in [1.82, 2.24) is 29.9 Å². The molecule has 0 bridgehead atoms. The zero-order chi connectivity index (χ0) is 99.4. The number of aryl methyl sites for hydroxylation is 1. The first-order valence-corrected chi connectivity index (χ1v) is 40.6. The van der Waals surface area contributed by atoms with Gasteiger partial charge < -0.3 is 121 Å². The molecule has 0 aliphatic carbocycles. The SMILES string of the molecule is C=CC(=O)Nc1cccc(N)c1.C=CC(=O)Nc1cccc(Nc2nc(Nc3ccc(OCCOC)cc3)ncc2F)c1.CCOC(=O)C(F)C(=O)OCC.COCCOc1ccc(CC(=N)N)cc1.COCCOc1ccc(N)cc1.COCCOc1ccc(Nc2nc(C)c(F)c(OS(=O)(=O)C(F)(F)F)n2)cc1.COCCOc1ccc(Nc2nc(O)c(F)c(=O)[nH]2)cc1.N#CN. The van der Waals surface area contributed by atoms with Gasteiger partial charge in [0.1, 0.15) is 61.8 Å². The lowest BCUT2D eigenvalue weighted by Crippen LogP contribution is -2.29. The van der Waals surface area contributed by atoms with Crippen LogP contribution in [0.15, 0.2) is 206 Å². The number of nitrogens with two attached hydrogens (primary N) is 4. The number of nitrogen functional groups attached to an aromatic ring is 2. The molecule has 0 unspecified atom stereocenters. The van der Waals surface area contributed by atoms with Crippen LogP contribution in [0.3, 0.4) is 0 Å². The molecule has 0 saturated carbocycles. The van der Waals surface area contributed by atoms with Gasteiger partial charge in [0.2, 0.25) is 41.3 Å². The molecule has 0 aliphatic rings. The Morgan fingerprint density at radius 3 is 1.34 bits per heavy atom. The number of halogens is 7. The molecule has 17 N–H and O–H groups in total. The Hall–Kier alpha value is -15.6. The lowest BCUT2D eigenvalue weighted by Gasteiger charge is -2.12. The number of methoxy groups -OCH3 is 5. The number of benzene rings is 7. The van der Waals surface area contributed by atoms with Gasteiger partial charge in [-0.25, -0.2) is 28.3 Å². The second kappa shape index (κ2) is 62.6. The maximum Gasteiger partial charge on any atom is 0.534 e. The van der Waals surface area contributed by atoms with Crippen molar-refractivity contribution in [3.05, 3.63) is 240 Å². The monoisotopic (exact) mass is 1900 g/mol. The number of esters is 2. The number of nitrogens with one attached hydrogen (secondary N) is 8. The first-order chi connectivity index (χ1) is 64.0. The summed E-state index contributed by atoms with van der Waals surface area (Å²) >= 11 is 0. The fourth-order valence-corrected chi connectivity index (χ4v) is 9.57. The van der Waals surface area contributed by atoms with Gasteiger partial charge in [0.15, 0.2) is 17.8 Å². The van der Waals surface area contributed by atoms with Crippen molar-refractivity contribution in [2.45, 2.75) is 38.9 Å². The van der Waals surface area contributed by atoms with Crippen LogP contribution in [0.4, 0.5) is 99.9 Å². The van der Waals surface area contributed by atoms with Gasteiger partial charge in [0.05, 0.1) is 64.0 Å². The van der Waals surface area contributed by atoms with Gasteiger partial charge in [-0.1, -0.05) is 37.4 Å². The smallest absolute Gasteiger partial charge is 0.491 e. The number of nitriles is 1. The van der Waals surface area contributed by atoms with E-state index < -0.39 is 74.2 Å². The molecule has 134 heavy (non-hydrogen) atoms. The molecule has 39 nitrogen and oxygen atoms in total. The van der Waals surface area contributed by atoms with E-state index in [9.17, 15) is 63.1 Å². The van der Waals surface area contributed by atoms with E-state index in [0.29, 0.717) is 130 Å². The number of nitrogens with zero attached hydrogens (tertiary/aromatic N) is 6. The average Bonchev–Trinajstić information content (AvgIpc) is 0.796. The number of aromatic amines is 1. The standard InChI is InChI=1S/C22H22FN5O3.C15H15F4N3O5S.C13H14FN3O4.C11H16N2O2.C9H10N2O.C9H13NO2.C7H11FO4.CH2N2/c1-3-20(29)25-16-5-4-6-17(13-16)26-21-19(23)14-24-22(28-21)27-15-7-9-18(10-8-15)31-12-11-30-2;1-9-12(16)13(27-28(23,24)15(17,18)19)22-14(20-9)21-10-3-5-11(6-4-10)26-8-7-25-2;1-20-6-7-21-9-4-2-8(3-5-9)15-13-16-11(18)10(14)12(19)17-13;1-14-6-7-15-10-4-2-9(3-5-10)8-11(12)13;1-2-9(12)11-8-5-3-4-7(10)6-8;1-11-6-7-12-9-4-2-8(10)3-5-9;1-3-11-6(9)5(8)7(10)12-4-2;2-1-3/h3-10,13-14H,1,11-12H2,2H3,(H,25,29)(H2,24,26,27,28);3-6H,7-8H2,1-2H3,(H,20,21,22);2-5H,6-7H2,1H3,(H3,15,16,17,18,19);2-5H,6-8H2,1H3,(H3,12,13);2-6H,1,10H2,(H,11,12);2-5H,6-7,10H2,1H3;5H,3-4H2,1-2H3;2H2. The molecule has 2 amide bonds. The van der Waals surface area contributed by atoms with Crippen LogP contribution in [0.1, 0.15) is 25.1 Å². The molecular weight excluding hydrogens is 1800 g/mol. The van der Waals surface area contributed by atoms with Gasteiger partial charge >= 0.3 is 27.6 Å². The molecule has 0 aliphatic heterocycles. The fourth-order valence-electron chi connectivity index (χ4n) is 9.16. The molecular formula is C87H103F7N18O21S. The number of alkyl halides is 4. The quantitative estimate of drug-likeness (QED) is 0.00138. The van der Waals surface area contributed by atoms with Crippen LogP contribution in [-0.2, 0) is 68.9 Å². The molecule has 722 valence electrons. The summed E-state index contributed by atoms with van der Waals surface area (Å²) < 4.78 is 177. The predicted octanol–water partition coefficient (Wildman–Crippen LogP) is 12.3. The summed E-state index contributed by atoms with van der Waals surface area (Å²) in [6.45, 7) is 15.9. The van der Waals surface area contributed by atoms with Gasteiger partial charge in [-0.3, -0.25) is 24.8 Å². The van der Waals surface area contributed by atoms with E-state index in [2.05, 4.69) is 94.4 Å². The maximum atomic E-state index is 14.2. The normalized spacial score (nSPS) is 10.2. The minimum atomic E-state index is -6.08. The Morgan fingerprint density at radius 2 is 0.948 bits per heavy atom. The van der Waals surface area contributed by atoms with Crippen LogP contribution >= 0.6 is 0 Å². The Morgan fingerprint density at radius 1 is 0.552 bits per heavy atom. The predicted molar refractivity (Wildman–Crippen MR) is 486 cm³/mol. The Bertz CT molecular complexity index is 5460. The minimum Gasteiger partial charge on any atom is -0.491 e. The Kier molecular flexibility index (Phi) is 52.5. The average molecular weight is 1900 g/mol. The molecule has 0 atom stereocenters. The zero-order valence-electron chi connectivity index (χ0n) is 73.7. The first kappa shape index (κ1) is 113. The van der Waals surface area contributed by atoms with Gasteiger partial charge in [0, 0.05) is 87.5 Å². The molecule has 7 aromatic carbocycles. The number of anilines is 12. The van der Waals surface area contributed by atoms with Crippen LogP contribution in [0, 0.1) is 41.2 Å². The molecule has 3 heterocycles. The molecule has 0 fully saturated rings.